The second-order valence-corrected chi connectivity index (χ2v) is 8.61. The van der Waals surface area contributed by atoms with Gasteiger partial charge in [0.1, 0.15) is 5.75 Å². The van der Waals surface area contributed by atoms with Crippen LogP contribution in [0.4, 0.5) is 0 Å². The van der Waals surface area contributed by atoms with Crippen molar-refractivity contribution in [3.63, 3.8) is 0 Å². The summed E-state index contributed by atoms with van der Waals surface area (Å²) in [4.78, 5) is 4.64. The van der Waals surface area contributed by atoms with Crippen molar-refractivity contribution in [3.8, 4) is 17.1 Å². The van der Waals surface area contributed by atoms with Gasteiger partial charge in [-0.15, -0.1) is 0 Å². The summed E-state index contributed by atoms with van der Waals surface area (Å²) in [7, 11) is -1.82. The molecule has 0 amide bonds. The van der Waals surface area contributed by atoms with Crippen LogP contribution in [0.15, 0.2) is 57.9 Å². The molecule has 1 aliphatic rings. The molecule has 1 saturated heterocycles. The molecule has 29 heavy (non-hydrogen) atoms. The monoisotopic (exact) mass is 411 g/mol. The third kappa shape index (κ3) is 4.08. The topological polar surface area (TPSA) is 85.5 Å². The number of para-hydroxylation sites is 1. The molecular weight excluding hydrogens is 390 g/mol. The zero-order chi connectivity index (χ0) is 20.3. The molecule has 4 rings (SSSR count). The largest absolute Gasteiger partial charge is 0.496 e. The van der Waals surface area contributed by atoms with Crippen molar-refractivity contribution >= 4 is 22.2 Å². The van der Waals surface area contributed by atoms with Crippen molar-refractivity contribution in [3.05, 3.63) is 60.0 Å². The van der Waals surface area contributed by atoms with Gasteiger partial charge in [-0.05, 0) is 49.2 Å². The van der Waals surface area contributed by atoms with Gasteiger partial charge in [-0.2, -0.15) is 9.29 Å². The Morgan fingerprint density at radius 2 is 1.76 bits per heavy atom. The summed E-state index contributed by atoms with van der Waals surface area (Å²) < 4.78 is 37.3. The van der Waals surface area contributed by atoms with E-state index in [1.54, 1.807) is 37.5 Å². The van der Waals surface area contributed by atoms with Gasteiger partial charge in [0.25, 0.3) is 5.89 Å². The molecule has 2 heterocycles. The molecule has 2 aromatic carbocycles. The van der Waals surface area contributed by atoms with Crippen LogP contribution in [0.25, 0.3) is 23.5 Å². The van der Waals surface area contributed by atoms with E-state index >= 15 is 0 Å². The summed E-state index contributed by atoms with van der Waals surface area (Å²) in [6, 6.07) is 14.2. The van der Waals surface area contributed by atoms with Gasteiger partial charge in [0, 0.05) is 30.3 Å². The van der Waals surface area contributed by atoms with Crippen molar-refractivity contribution in [2.24, 2.45) is 0 Å². The van der Waals surface area contributed by atoms with E-state index in [-0.39, 0.29) is 4.90 Å². The van der Waals surface area contributed by atoms with Crippen LogP contribution in [0.2, 0.25) is 0 Å². The van der Waals surface area contributed by atoms with E-state index in [4.69, 9.17) is 9.26 Å². The van der Waals surface area contributed by atoms with E-state index in [1.807, 2.05) is 30.3 Å². The van der Waals surface area contributed by atoms with Crippen molar-refractivity contribution in [1.29, 1.82) is 0 Å². The number of benzene rings is 2. The third-order valence-electron chi connectivity index (χ3n) is 4.80. The maximum absolute atomic E-state index is 12.6. The summed E-state index contributed by atoms with van der Waals surface area (Å²) in [6.07, 6.45) is 5.36. The third-order valence-corrected chi connectivity index (χ3v) is 6.71. The van der Waals surface area contributed by atoms with Crippen molar-refractivity contribution in [2.45, 2.75) is 17.7 Å². The second-order valence-electron chi connectivity index (χ2n) is 6.67. The molecule has 0 spiro atoms. The molecule has 0 aliphatic carbocycles. The van der Waals surface area contributed by atoms with E-state index in [9.17, 15) is 8.42 Å². The minimum atomic E-state index is -3.43. The highest BCUT2D eigenvalue weighted by Crippen LogP contribution is 2.24. The summed E-state index contributed by atoms with van der Waals surface area (Å²) in [6.45, 7) is 1.16. The normalized spacial score (nSPS) is 15.2. The van der Waals surface area contributed by atoms with Crippen molar-refractivity contribution < 1.29 is 17.7 Å². The molecule has 0 saturated carbocycles. The lowest BCUT2D eigenvalue weighted by Crippen LogP contribution is -2.27. The van der Waals surface area contributed by atoms with Crippen LogP contribution in [0.1, 0.15) is 24.3 Å². The maximum atomic E-state index is 12.6. The van der Waals surface area contributed by atoms with E-state index < -0.39 is 10.0 Å². The van der Waals surface area contributed by atoms with Gasteiger partial charge < -0.3 is 9.26 Å². The highest BCUT2D eigenvalue weighted by atomic mass is 32.2. The van der Waals surface area contributed by atoms with Gasteiger partial charge in [0.05, 0.1) is 12.0 Å². The van der Waals surface area contributed by atoms with Gasteiger partial charge in [0.15, 0.2) is 0 Å². The lowest BCUT2D eigenvalue weighted by molar-refractivity contribution is 0.411. The first-order chi connectivity index (χ1) is 14.1. The molecule has 0 N–H and O–H groups in total. The number of aromatic nitrogens is 2. The lowest BCUT2D eigenvalue weighted by Gasteiger charge is -2.15. The number of ether oxygens (including phenoxy) is 1. The van der Waals surface area contributed by atoms with Crippen molar-refractivity contribution in [1.82, 2.24) is 14.4 Å². The Bertz CT molecular complexity index is 1110. The second kappa shape index (κ2) is 8.18. The number of nitrogens with zero attached hydrogens (tertiary/aromatic N) is 3. The first kappa shape index (κ1) is 19.4. The van der Waals surface area contributed by atoms with Crippen LogP contribution >= 0.6 is 0 Å². The fourth-order valence-corrected chi connectivity index (χ4v) is 4.76. The Kier molecular flexibility index (Phi) is 5.46. The SMILES string of the molecule is COc1ccccc1C=Cc1nc(-c2ccc(S(=O)(=O)N3CCCC3)cc2)no1. The summed E-state index contributed by atoms with van der Waals surface area (Å²) in [5.74, 6) is 1.49. The summed E-state index contributed by atoms with van der Waals surface area (Å²) >= 11 is 0. The highest BCUT2D eigenvalue weighted by molar-refractivity contribution is 7.89. The zero-order valence-corrected chi connectivity index (χ0v) is 16.8. The molecule has 0 bridgehead atoms. The zero-order valence-electron chi connectivity index (χ0n) is 16.0. The molecule has 1 fully saturated rings. The minimum absolute atomic E-state index is 0.280. The highest BCUT2D eigenvalue weighted by Gasteiger charge is 2.27. The van der Waals surface area contributed by atoms with Crippen molar-refractivity contribution in [2.75, 3.05) is 20.2 Å². The van der Waals surface area contributed by atoms with Crippen LogP contribution in [0.5, 0.6) is 5.75 Å². The molecule has 7 nitrogen and oxygen atoms in total. The Morgan fingerprint density at radius 1 is 1.03 bits per heavy atom. The lowest BCUT2D eigenvalue weighted by atomic mass is 10.2. The van der Waals surface area contributed by atoms with Crippen LogP contribution in [-0.2, 0) is 10.0 Å². The summed E-state index contributed by atoms with van der Waals surface area (Å²) in [5.41, 5.74) is 1.58. The van der Waals surface area contributed by atoms with Crippen LogP contribution in [0.3, 0.4) is 0 Å². The molecule has 1 aliphatic heterocycles. The summed E-state index contributed by atoms with van der Waals surface area (Å²) in [5, 5.41) is 3.98. The van der Waals surface area contributed by atoms with Gasteiger partial charge in [-0.3, -0.25) is 0 Å². The van der Waals surface area contributed by atoms with Gasteiger partial charge in [-0.25, -0.2) is 8.42 Å². The maximum Gasteiger partial charge on any atom is 0.250 e. The van der Waals surface area contributed by atoms with Crippen LogP contribution < -0.4 is 4.74 Å². The molecular formula is C21H21N3O4S. The quantitative estimate of drug-likeness (QED) is 0.615. The smallest absolute Gasteiger partial charge is 0.250 e. The molecule has 3 aromatic rings. The number of rotatable bonds is 6. The first-order valence-electron chi connectivity index (χ1n) is 9.33. The molecule has 0 atom stereocenters. The van der Waals surface area contributed by atoms with Gasteiger partial charge in [-0.1, -0.05) is 23.4 Å². The molecule has 0 unspecified atom stereocenters. The Morgan fingerprint density at radius 3 is 2.48 bits per heavy atom. The standard InChI is InChI=1S/C21H21N3O4S/c1-27-19-7-3-2-6-16(19)10-13-20-22-21(23-28-20)17-8-11-18(12-9-17)29(25,26)24-14-4-5-15-24/h2-3,6-13H,4-5,14-15H2,1H3. The Labute approximate surface area is 169 Å². The van der Waals surface area contributed by atoms with E-state index in [0.29, 0.717) is 30.4 Å². The fourth-order valence-electron chi connectivity index (χ4n) is 3.24. The number of sulfonamides is 1. The number of hydrogen-bond donors (Lipinski definition) is 0. The minimum Gasteiger partial charge on any atom is -0.496 e. The molecule has 0 radical (unpaired) electrons. The first-order valence-corrected chi connectivity index (χ1v) is 10.8. The molecule has 8 heteroatoms. The Hall–Kier alpha value is -2.97. The van der Waals surface area contributed by atoms with E-state index in [0.717, 1.165) is 24.2 Å². The van der Waals surface area contributed by atoms with Crippen LogP contribution in [-0.4, -0.2) is 43.1 Å². The van der Waals surface area contributed by atoms with E-state index in [2.05, 4.69) is 10.1 Å². The van der Waals surface area contributed by atoms with Gasteiger partial charge in [0.2, 0.25) is 15.8 Å². The Balaban J connectivity index is 1.51. The predicted molar refractivity (Wildman–Crippen MR) is 110 cm³/mol. The number of hydrogen-bond acceptors (Lipinski definition) is 6. The van der Waals surface area contributed by atoms with Crippen LogP contribution in [0, 0.1) is 0 Å². The average Bonchev–Trinajstić information content (AvgIpc) is 3.45. The van der Waals surface area contributed by atoms with Gasteiger partial charge >= 0.3 is 0 Å². The average molecular weight is 411 g/mol. The van der Waals surface area contributed by atoms with E-state index in [1.165, 1.54) is 4.31 Å². The fraction of sp³-hybridized carbons (Fsp3) is 0.238. The predicted octanol–water partition coefficient (Wildman–Crippen LogP) is 3.70. The number of methoxy groups -OCH3 is 1. The molecule has 150 valence electrons. The molecule has 1 aromatic heterocycles.